The van der Waals surface area contributed by atoms with Crippen molar-refractivity contribution < 1.29 is 0 Å². The Morgan fingerprint density at radius 2 is 1.71 bits per heavy atom. The summed E-state index contributed by atoms with van der Waals surface area (Å²) in [5.41, 5.74) is 15.4. The van der Waals surface area contributed by atoms with Crippen molar-refractivity contribution in [2.24, 2.45) is 4.99 Å². The molecular weight excluding hydrogens is 260 g/mol. The molecule has 0 aliphatic carbocycles. The highest BCUT2D eigenvalue weighted by atomic mass is 14.9. The molecule has 0 radical (unpaired) electrons. The fraction of sp³-hybridized carbons (Fsp3) is 0.235. The van der Waals surface area contributed by atoms with Gasteiger partial charge in [-0.2, -0.15) is 0 Å². The van der Waals surface area contributed by atoms with Crippen LogP contribution in [0, 0.1) is 0 Å². The van der Waals surface area contributed by atoms with Gasteiger partial charge in [0.1, 0.15) is 0 Å². The first-order valence-corrected chi connectivity index (χ1v) is 7.08. The zero-order chi connectivity index (χ0) is 15.1. The van der Waals surface area contributed by atoms with E-state index < -0.39 is 0 Å². The Labute approximate surface area is 125 Å². The first kappa shape index (κ1) is 15.1. The zero-order valence-corrected chi connectivity index (χ0v) is 12.3. The Hall–Kier alpha value is -2.33. The number of hydrogen-bond acceptors (Lipinski definition) is 4. The van der Waals surface area contributed by atoms with Gasteiger partial charge >= 0.3 is 0 Å². The zero-order valence-electron chi connectivity index (χ0n) is 12.3. The van der Waals surface area contributed by atoms with Gasteiger partial charge < -0.3 is 16.8 Å². The number of anilines is 2. The molecule has 4 nitrogen and oxygen atoms in total. The third-order valence-electron chi connectivity index (χ3n) is 3.30. The lowest BCUT2D eigenvalue weighted by atomic mass is 10.1. The second-order valence-corrected chi connectivity index (χ2v) is 5.10. The van der Waals surface area contributed by atoms with E-state index in [1.165, 1.54) is 0 Å². The first-order valence-electron chi connectivity index (χ1n) is 7.08. The lowest BCUT2D eigenvalue weighted by molar-refractivity contribution is 0.558. The van der Waals surface area contributed by atoms with Crippen LogP contribution in [-0.4, -0.2) is 18.8 Å². The molecule has 0 spiro atoms. The van der Waals surface area contributed by atoms with Gasteiger partial charge in [0.2, 0.25) is 0 Å². The molecule has 0 aliphatic rings. The molecule has 0 saturated carbocycles. The highest BCUT2D eigenvalue weighted by Crippen LogP contribution is 2.10. The van der Waals surface area contributed by atoms with Gasteiger partial charge in [0, 0.05) is 35.7 Å². The van der Waals surface area contributed by atoms with Crippen molar-refractivity contribution in [1.82, 2.24) is 5.32 Å². The number of nitrogens with two attached hydrogens (primary N) is 2. The van der Waals surface area contributed by atoms with Crippen LogP contribution in [0.4, 0.5) is 11.4 Å². The summed E-state index contributed by atoms with van der Waals surface area (Å²) in [6.07, 6.45) is 1.82. The minimum Gasteiger partial charge on any atom is -0.398 e. The molecule has 0 bridgehead atoms. The normalized spacial score (nSPS) is 12.6. The maximum absolute atomic E-state index is 5.92. The van der Waals surface area contributed by atoms with Crippen LogP contribution in [0.25, 0.3) is 0 Å². The number of nitrogen functional groups attached to an aromatic ring is 2. The van der Waals surface area contributed by atoms with Crippen LogP contribution in [0.3, 0.4) is 0 Å². The molecule has 0 saturated heterocycles. The van der Waals surface area contributed by atoms with E-state index >= 15 is 0 Å². The molecular formula is C17H22N4. The van der Waals surface area contributed by atoms with Crippen LogP contribution >= 0.6 is 0 Å². The van der Waals surface area contributed by atoms with E-state index in [-0.39, 0.29) is 6.04 Å². The van der Waals surface area contributed by atoms with Crippen LogP contribution in [-0.2, 0) is 6.54 Å². The first-order chi connectivity index (χ1) is 10.2. The molecule has 5 N–H and O–H groups in total. The fourth-order valence-corrected chi connectivity index (χ4v) is 1.98. The molecule has 4 heteroatoms. The number of rotatable bonds is 6. The molecule has 0 fully saturated rings. The molecule has 2 rings (SSSR count). The molecule has 0 aliphatic heterocycles. The number of hydrogen-bond donors (Lipinski definition) is 3. The summed E-state index contributed by atoms with van der Waals surface area (Å²) < 4.78 is 0. The maximum Gasteiger partial charge on any atom is 0.0540 e. The van der Waals surface area contributed by atoms with Gasteiger partial charge in [-0.3, -0.25) is 4.99 Å². The van der Waals surface area contributed by atoms with Gasteiger partial charge in [-0.05, 0) is 24.6 Å². The van der Waals surface area contributed by atoms with Gasteiger partial charge in [0.15, 0.2) is 0 Å². The maximum atomic E-state index is 5.92. The Bertz CT molecular complexity index is 607. The summed E-state index contributed by atoms with van der Waals surface area (Å²) in [4.78, 5) is 4.44. The van der Waals surface area contributed by atoms with Crippen molar-refractivity contribution >= 4 is 17.6 Å². The molecule has 1 unspecified atom stereocenters. The van der Waals surface area contributed by atoms with Gasteiger partial charge in [0.05, 0.1) is 6.54 Å². The predicted octanol–water partition coefficient (Wildman–Crippen LogP) is 2.45. The highest BCUT2D eigenvalue weighted by Gasteiger charge is 2.02. The Morgan fingerprint density at radius 3 is 2.43 bits per heavy atom. The minimum absolute atomic E-state index is 0.269. The van der Waals surface area contributed by atoms with E-state index in [0.717, 1.165) is 29.0 Å². The number of para-hydroxylation sites is 2. The Morgan fingerprint density at radius 1 is 1.05 bits per heavy atom. The summed E-state index contributed by atoms with van der Waals surface area (Å²) in [5, 5.41) is 3.42. The Balaban J connectivity index is 1.81. The third-order valence-corrected chi connectivity index (χ3v) is 3.30. The number of nitrogens with zero attached hydrogens (tertiary/aromatic N) is 1. The third kappa shape index (κ3) is 4.61. The fourth-order valence-electron chi connectivity index (χ4n) is 1.98. The van der Waals surface area contributed by atoms with Gasteiger partial charge in [-0.15, -0.1) is 0 Å². The number of aliphatic imine (C=N–C) groups is 1. The number of nitrogens with one attached hydrogen (secondary N) is 1. The van der Waals surface area contributed by atoms with E-state index in [1.54, 1.807) is 0 Å². The molecule has 0 heterocycles. The van der Waals surface area contributed by atoms with E-state index in [9.17, 15) is 0 Å². The van der Waals surface area contributed by atoms with Crippen molar-refractivity contribution in [1.29, 1.82) is 0 Å². The van der Waals surface area contributed by atoms with Crippen LogP contribution in [0.5, 0.6) is 0 Å². The average molecular weight is 282 g/mol. The molecule has 21 heavy (non-hydrogen) atoms. The van der Waals surface area contributed by atoms with E-state index in [1.807, 2.05) is 54.7 Å². The summed E-state index contributed by atoms with van der Waals surface area (Å²) in [6, 6.07) is 15.9. The van der Waals surface area contributed by atoms with Crippen molar-refractivity contribution in [3.05, 3.63) is 59.7 Å². The van der Waals surface area contributed by atoms with Gasteiger partial charge in [-0.25, -0.2) is 0 Å². The second kappa shape index (κ2) is 7.45. The summed E-state index contributed by atoms with van der Waals surface area (Å²) >= 11 is 0. The minimum atomic E-state index is 0.269. The molecule has 110 valence electrons. The van der Waals surface area contributed by atoms with Gasteiger partial charge in [-0.1, -0.05) is 36.4 Å². The van der Waals surface area contributed by atoms with Crippen LogP contribution in [0.2, 0.25) is 0 Å². The van der Waals surface area contributed by atoms with Crippen LogP contribution in [0.15, 0.2) is 53.5 Å². The van der Waals surface area contributed by atoms with Crippen molar-refractivity contribution in [2.75, 3.05) is 18.0 Å². The lowest BCUT2D eigenvalue weighted by Gasteiger charge is -2.12. The molecule has 2 aromatic carbocycles. The quantitative estimate of drug-likeness (QED) is 0.562. The smallest absolute Gasteiger partial charge is 0.0540 e. The number of benzene rings is 2. The summed E-state index contributed by atoms with van der Waals surface area (Å²) in [5.74, 6) is 0. The highest BCUT2D eigenvalue weighted by molar-refractivity contribution is 5.86. The standard InChI is InChI=1S/C17H22N4/c1-13(21-12-15-7-3-5-9-17(15)19)10-20-11-14-6-2-4-8-16(14)18/h2-9,11,13,21H,10,12,18-19H2,1H3. The summed E-state index contributed by atoms with van der Waals surface area (Å²) in [7, 11) is 0. The van der Waals surface area contributed by atoms with E-state index in [0.29, 0.717) is 6.54 Å². The van der Waals surface area contributed by atoms with Crippen molar-refractivity contribution in [3.63, 3.8) is 0 Å². The topological polar surface area (TPSA) is 76.4 Å². The molecule has 1 atom stereocenters. The van der Waals surface area contributed by atoms with Crippen molar-refractivity contribution in [3.8, 4) is 0 Å². The predicted molar refractivity (Wildman–Crippen MR) is 90.5 cm³/mol. The SMILES string of the molecule is CC(CN=Cc1ccccc1N)NCc1ccccc1N. The molecule has 0 amide bonds. The van der Waals surface area contributed by atoms with Crippen LogP contribution < -0.4 is 16.8 Å². The largest absolute Gasteiger partial charge is 0.398 e. The average Bonchev–Trinajstić information content (AvgIpc) is 2.48. The van der Waals surface area contributed by atoms with E-state index in [4.69, 9.17) is 11.5 Å². The van der Waals surface area contributed by atoms with Crippen LogP contribution in [0.1, 0.15) is 18.1 Å². The van der Waals surface area contributed by atoms with Crippen molar-refractivity contribution in [2.45, 2.75) is 19.5 Å². The summed E-state index contributed by atoms with van der Waals surface area (Å²) in [6.45, 7) is 3.54. The monoisotopic (exact) mass is 282 g/mol. The van der Waals surface area contributed by atoms with E-state index in [2.05, 4.69) is 17.2 Å². The molecule has 0 aromatic heterocycles. The lowest BCUT2D eigenvalue weighted by Crippen LogP contribution is -2.28. The van der Waals surface area contributed by atoms with Gasteiger partial charge in [0.25, 0.3) is 0 Å². The second-order valence-electron chi connectivity index (χ2n) is 5.10. The Kier molecular flexibility index (Phi) is 5.35. The molecule has 2 aromatic rings.